The van der Waals surface area contributed by atoms with E-state index in [0.717, 1.165) is 35.8 Å². The highest BCUT2D eigenvalue weighted by Gasteiger charge is 2.16. The third kappa shape index (κ3) is 4.77. The summed E-state index contributed by atoms with van der Waals surface area (Å²) in [5.74, 6) is 1.58. The van der Waals surface area contributed by atoms with Crippen LogP contribution in [0.25, 0.3) is 11.4 Å². The zero-order valence-corrected chi connectivity index (χ0v) is 16.8. The average molecular weight is 408 g/mol. The van der Waals surface area contributed by atoms with Crippen LogP contribution in [-0.4, -0.2) is 49.5 Å². The van der Waals surface area contributed by atoms with Crippen molar-refractivity contribution in [3.8, 4) is 17.1 Å². The lowest BCUT2D eigenvalue weighted by atomic mass is 10.2. The first-order valence-electron chi connectivity index (χ1n) is 9.91. The van der Waals surface area contributed by atoms with Gasteiger partial charge in [0.1, 0.15) is 5.75 Å². The van der Waals surface area contributed by atoms with Crippen LogP contribution in [0.1, 0.15) is 12.3 Å². The first kappa shape index (κ1) is 19.9. The van der Waals surface area contributed by atoms with E-state index in [1.807, 2.05) is 48.5 Å². The van der Waals surface area contributed by atoms with Crippen LogP contribution in [0.3, 0.4) is 0 Å². The Morgan fingerprint density at radius 2 is 1.90 bits per heavy atom. The minimum absolute atomic E-state index is 0.0973. The van der Waals surface area contributed by atoms with Crippen molar-refractivity contribution in [2.75, 3.05) is 43.6 Å². The SMILES string of the molecule is COc1ccc(-c2noc(CCC(=O)Nc3ccccc3N3CCOCC3)n2)cc1. The number of morpholine rings is 1. The number of carbonyl (C=O) groups excluding carboxylic acids is 1. The number of benzene rings is 2. The van der Waals surface area contributed by atoms with E-state index in [1.165, 1.54) is 0 Å². The van der Waals surface area contributed by atoms with Gasteiger partial charge in [-0.3, -0.25) is 4.79 Å². The molecule has 1 aromatic heterocycles. The van der Waals surface area contributed by atoms with Crippen molar-refractivity contribution in [3.05, 3.63) is 54.4 Å². The van der Waals surface area contributed by atoms with Gasteiger partial charge in [-0.2, -0.15) is 4.98 Å². The van der Waals surface area contributed by atoms with Gasteiger partial charge in [0.2, 0.25) is 17.6 Å². The van der Waals surface area contributed by atoms with E-state index >= 15 is 0 Å². The predicted molar refractivity (Wildman–Crippen MR) is 113 cm³/mol. The van der Waals surface area contributed by atoms with E-state index in [0.29, 0.717) is 31.3 Å². The second kappa shape index (κ2) is 9.41. The molecule has 8 nitrogen and oxygen atoms in total. The zero-order valence-electron chi connectivity index (χ0n) is 16.8. The van der Waals surface area contributed by atoms with Crippen LogP contribution in [0, 0.1) is 0 Å². The molecule has 0 bridgehead atoms. The number of ether oxygens (including phenoxy) is 2. The van der Waals surface area contributed by atoms with Crippen LogP contribution >= 0.6 is 0 Å². The molecule has 1 N–H and O–H groups in total. The number of nitrogens with one attached hydrogen (secondary N) is 1. The van der Waals surface area contributed by atoms with Gasteiger partial charge in [-0.05, 0) is 36.4 Å². The lowest BCUT2D eigenvalue weighted by Gasteiger charge is -2.30. The molecule has 0 radical (unpaired) electrons. The normalized spacial score (nSPS) is 13.8. The van der Waals surface area contributed by atoms with E-state index in [4.69, 9.17) is 14.0 Å². The Morgan fingerprint density at radius 1 is 1.13 bits per heavy atom. The molecular formula is C22H24N4O4. The molecule has 0 aliphatic carbocycles. The van der Waals surface area contributed by atoms with E-state index in [2.05, 4.69) is 20.4 Å². The number of carbonyl (C=O) groups is 1. The van der Waals surface area contributed by atoms with Crippen LogP contribution in [0.2, 0.25) is 0 Å². The fourth-order valence-corrected chi connectivity index (χ4v) is 3.31. The second-order valence-electron chi connectivity index (χ2n) is 6.90. The number of aromatic nitrogens is 2. The lowest BCUT2D eigenvalue weighted by molar-refractivity contribution is -0.116. The molecule has 1 fully saturated rings. The monoisotopic (exact) mass is 408 g/mol. The van der Waals surface area contributed by atoms with Gasteiger partial charge in [-0.15, -0.1) is 0 Å². The fourth-order valence-electron chi connectivity index (χ4n) is 3.31. The summed E-state index contributed by atoms with van der Waals surface area (Å²) in [4.78, 5) is 19.1. The number of hydrogen-bond donors (Lipinski definition) is 1. The van der Waals surface area contributed by atoms with Crippen molar-refractivity contribution in [2.24, 2.45) is 0 Å². The van der Waals surface area contributed by atoms with Gasteiger partial charge < -0.3 is 24.2 Å². The van der Waals surface area contributed by atoms with E-state index in [1.54, 1.807) is 7.11 Å². The third-order valence-electron chi connectivity index (χ3n) is 4.91. The zero-order chi connectivity index (χ0) is 20.8. The topological polar surface area (TPSA) is 89.7 Å². The number of methoxy groups -OCH3 is 1. The van der Waals surface area contributed by atoms with Crippen molar-refractivity contribution < 1.29 is 18.8 Å². The maximum Gasteiger partial charge on any atom is 0.227 e. The van der Waals surface area contributed by atoms with Gasteiger partial charge >= 0.3 is 0 Å². The van der Waals surface area contributed by atoms with Crippen LogP contribution in [0.5, 0.6) is 5.75 Å². The maximum absolute atomic E-state index is 12.5. The third-order valence-corrected chi connectivity index (χ3v) is 4.91. The Kier molecular flexibility index (Phi) is 6.24. The van der Waals surface area contributed by atoms with Crippen LogP contribution in [-0.2, 0) is 16.0 Å². The van der Waals surface area contributed by atoms with Crippen LogP contribution in [0.15, 0.2) is 53.1 Å². The number of para-hydroxylation sites is 2. The van der Waals surface area contributed by atoms with E-state index in [9.17, 15) is 4.79 Å². The molecule has 1 amide bonds. The molecule has 2 heterocycles. The Morgan fingerprint density at radius 3 is 2.67 bits per heavy atom. The lowest BCUT2D eigenvalue weighted by Crippen LogP contribution is -2.36. The maximum atomic E-state index is 12.5. The molecule has 1 aliphatic rings. The molecule has 4 rings (SSSR count). The number of amides is 1. The Balaban J connectivity index is 1.35. The van der Waals surface area contributed by atoms with Crippen LogP contribution in [0.4, 0.5) is 11.4 Å². The molecule has 2 aromatic carbocycles. The molecule has 0 spiro atoms. The minimum atomic E-state index is -0.0973. The molecular weight excluding hydrogens is 384 g/mol. The summed E-state index contributed by atoms with van der Waals surface area (Å²) in [6, 6.07) is 15.2. The van der Waals surface area contributed by atoms with Crippen molar-refractivity contribution in [1.29, 1.82) is 0 Å². The van der Waals surface area contributed by atoms with Gasteiger partial charge in [0, 0.05) is 31.5 Å². The minimum Gasteiger partial charge on any atom is -0.497 e. The fraction of sp³-hybridized carbons (Fsp3) is 0.318. The Bertz CT molecular complexity index is 981. The smallest absolute Gasteiger partial charge is 0.227 e. The molecule has 0 saturated carbocycles. The van der Waals surface area contributed by atoms with Crippen molar-refractivity contribution in [2.45, 2.75) is 12.8 Å². The molecule has 0 unspecified atom stereocenters. The van der Waals surface area contributed by atoms with Gasteiger partial charge in [0.15, 0.2) is 0 Å². The van der Waals surface area contributed by atoms with Gasteiger partial charge in [-0.1, -0.05) is 17.3 Å². The quantitative estimate of drug-likeness (QED) is 0.642. The highest BCUT2D eigenvalue weighted by atomic mass is 16.5. The molecule has 0 atom stereocenters. The summed E-state index contributed by atoms with van der Waals surface area (Å²) < 4.78 is 15.9. The number of aryl methyl sites for hydroxylation is 1. The number of nitrogens with zero attached hydrogens (tertiary/aromatic N) is 3. The average Bonchev–Trinajstić information content (AvgIpc) is 3.28. The predicted octanol–water partition coefficient (Wildman–Crippen LogP) is 3.15. The van der Waals surface area contributed by atoms with E-state index < -0.39 is 0 Å². The molecule has 3 aromatic rings. The van der Waals surface area contributed by atoms with Crippen molar-refractivity contribution >= 4 is 17.3 Å². The molecule has 30 heavy (non-hydrogen) atoms. The van der Waals surface area contributed by atoms with Gasteiger partial charge in [0.05, 0.1) is 31.7 Å². The van der Waals surface area contributed by atoms with E-state index in [-0.39, 0.29) is 12.3 Å². The molecule has 1 saturated heterocycles. The highest BCUT2D eigenvalue weighted by molar-refractivity contribution is 5.94. The van der Waals surface area contributed by atoms with Gasteiger partial charge in [0.25, 0.3) is 0 Å². The first-order chi connectivity index (χ1) is 14.7. The number of rotatable bonds is 7. The molecule has 8 heteroatoms. The molecule has 1 aliphatic heterocycles. The summed E-state index contributed by atoms with van der Waals surface area (Å²) in [7, 11) is 1.62. The second-order valence-corrected chi connectivity index (χ2v) is 6.90. The summed E-state index contributed by atoms with van der Waals surface area (Å²) in [5.41, 5.74) is 2.64. The van der Waals surface area contributed by atoms with Crippen molar-refractivity contribution in [1.82, 2.24) is 10.1 Å². The van der Waals surface area contributed by atoms with Crippen LogP contribution < -0.4 is 15.0 Å². The highest BCUT2D eigenvalue weighted by Crippen LogP contribution is 2.26. The molecule has 156 valence electrons. The number of hydrogen-bond acceptors (Lipinski definition) is 7. The van der Waals surface area contributed by atoms with Gasteiger partial charge in [-0.25, -0.2) is 0 Å². The Hall–Kier alpha value is -3.39. The first-order valence-corrected chi connectivity index (χ1v) is 9.91. The summed E-state index contributed by atoms with van der Waals surface area (Å²) in [6.45, 7) is 3.00. The summed E-state index contributed by atoms with van der Waals surface area (Å²) in [5, 5.41) is 7.01. The summed E-state index contributed by atoms with van der Waals surface area (Å²) in [6.07, 6.45) is 0.621. The Labute approximate surface area is 174 Å². The van der Waals surface area contributed by atoms with Crippen molar-refractivity contribution in [3.63, 3.8) is 0 Å². The largest absolute Gasteiger partial charge is 0.497 e. The summed E-state index contributed by atoms with van der Waals surface area (Å²) >= 11 is 0. The number of anilines is 2. The standard InChI is InChI=1S/C22H24N4O4/c1-28-17-8-6-16(7-9-17)22-24-21(30-25-22)11-10-20(27)23-18-4-2-3-5-19(18)26-12-14-29-15-13-26/h2-9H,10-15H2,1H3,(H,23,27).